The van der Waals surface area contributed by atoms with Gasteiger partial charge >= 0.3 is 0 Å². The van der Waals surface area contributed by atoms with E-state index >= 15 is 0 Å². The predicted octanol–water partition coefficient (Wildman–Crippen LogP) is -0.710. The minimum absolute atomic E-state index is 0.0985. The lowest BCUT2D eigenvalue weighted by Gasteiger charge is -2.07. The molecular weight excluding hydrogens is 144 g/mol. The molecule has 1 aromatic rings. The average Bonchev–Trinajstić information content (AvgIpc) is 2.50. The third kappa shape index (κ3) is 1.55. The third-order valence-corrected chi connectivity index (χ3v) is 1.47. The Bertz CT molecular complexity index is 222. The lowest BCUT2D eigenvalue weighted by atomic mass is 10.3. The van der Waals surface area contributed by atoms with Gasteiger partial charge < -0.3 is 10.8 Å². The summed E-state index contributed by atoms with van der Waals surface area (Å²) in [5.41, 5.74) is 5.54. The molecule has 1 aromatic heterocycles. The number of aliphatic hydroxyl groups excluding tert-OH is 1. The summed E-state index contributed by atoms with van der Waals surface area (Å²) in [5, 5.41) is 12.6. The van der Waals surface area contributed by atoms with Gasteiger partial charge in [-0.15, -0.1) is 0 Å². The molecule has 0 saturated carbocycles. The molecule has 0 aliphatic rings. The lowest BCUT2D eigenvalue weighted by Crippen LogP contribution is -2.20. The summed E-state index contributed by atoms with van der Waals surface area (Å²) in [7, 11) is 0. The van der Waals surface area contributed by atoms with Crippen molar-refractivity contribution < 1.29 is 5.11 Å². The van der Waals surface area contributed by atoms with Crippen LogP contribution in [0.25, 0.3) is 0 Å². The summed E-state index contributed by atoms with van der Waals surface area (Å²) in [4.78, 5) is 3.92. The summed E-state index contributed by atoms with van der Waals surface area (Å²) >= 11 is 0. The molecule has 0 fully saturated rings. The Balaban J connectivity index is 2.83. The maximum absolute atomic E-state index is 8.72. The largest absolute Gasteiger partial charge is 0.394 e. The minimum Gasteiger partial charge on any atom is -0.394 e. The fourth-order valence-corrected chi connectivity index (χ4v) is 0.886. The highest BCUT2D eigenvalue weighted by Crippen LogP contribution is 2.03. The molecule has 62 valence electrons. The molecule has 1 atom stereocenters. The van der Waals surface area contributed by atoms with Gasteiger partial charge in [-0.3, -0.25) is 0 Å². The Morgan fingerprint density at radius 2 is 2.55 bits per heavy atom. The summed E-state index contributed by atoms with van der Waals surface area (Å²) in [6, 6.07) is -0.419. The molecule has 0 aliphatic carbocycles. The standard InChI is InChI=1S/C6H12N4O/c1-2-10-6(5(7)3-11)8-4-9-10/h4-5,11H,2-3,7H2,1H3/t5-/m1/s1. The van der Waals surface area contributed by atoms with Gasteiger partial charge in [0.15, 0.2) is 0 Å². The highest BCUT2D eigenvalue weighted by Gasteiger charge is 2.10. The normalized spacial score (nSPS) is 13.4. The van der Waals surface area contributed by atoms with Crippen molar-refractivity contribution in [2.24, 2.45) is 5.73 Å². The van der Waals surface area contributed by atoms with E-state index in [1.54, 1.807) is 4.68 Å². The van der Waals surface area contributed by atoms with Crippen molar-refractivity contribution in [3.05, 3.63) is 12.2 Å². The highest BCUT2D eigenvalue weighted by atomic mass is 16.3. The van der Waals surface area contributed by atoms with E-state index in [1.165, 1.54) is 6.33 Å². The van der Waals surface area contributed by atoms with E-state index in [0.717, 1.165) is 6.54 Å². The van der Waals surface area contributed by atoms with Crippen molar-refractivity contribution in [1.29, 1.82) is 0 Å². The van der Waals surface area contributed by atoms with E-state index in [4.69, 9.17) is 10.8 Å². The Kier molecular flexibility index (Phi) is 2.56. The Morgan fingerprint density at radius 3 is 3.09 bits per heavy atom. The van der Waals surface area contributed by atoms with Crippen LogP contribution in [0.4, 0.5) is 0 Å². The minimum atomic E-state index is -0.419. The zero-order chi connectivity index (χ0) is 8.27. The second kappa shape index (κ2) is 3.45. The van der Waals surface area contributed by atoms with E-state index in [-0.39, 0.29) is 6.61 Å². The molecule has 0 aromatic carbocycles. The number of nitrogens with zero attached hydrogens (tertiary/aromatic N) is 3. The van der Waals surface area contributed by atoms with E-state index in [2.05, 4.69) is 10.1 Å². The Morgan fingerprint density at radius 1 is 1.82 bits per heavy atom. The van der Waals surface area contributed by atoms with E-state index in [0.29, 0.717) is 5.82 Å². The van der Waals surface area contributed by atoms with Crippen molar-refractivity contribution in [1.82, 2.24) is 14.8 Å². The first-order valence-corrected chi connectivity index (χ1v) is 3.53. The van der Waals surface area contributed by atoms with Gasteiger partial charge in [0.2, 0.25) is 0 Å². The monoisotopic (exact) mass is 156 g/mol. The Hall–Kier alpha value is -0.940. The molecule has 3 N–H and O–H groups in total. The topological polar surface area (TPSA) is 77.0 Å². The molecule has 1 rings (SSSR count). The van der Waals surface area contributed by atoms with Crippen molar-refractivity contribution in [2.45, 2.75) is 19.5 Å². The molecule has 0 aliphatic heterocycles. The number of hydrogen-bond donors (Lipinski definition) is 2. The number of rotatable bonds is 3. The van der Waals surface area contributed by atoms with Crippen molar-refractivity contribution in [3.8, 4) is 0 Å². The van der Waals surface area contributed by atoms with Crippen LogP contribution in [0.2, 0.25) is 0 Å². The second-order valence-electron chi connectivity index (χ2n) is 2.22. The number of nitrogens with two attached hydrogens (primary N) is 1. The van der Waals surface area contributed by atoms with Crippen LogP contribution in [-0.4, -0.2) is 26.5 Å². The zero-order valence-electron chi connectivity index (χ0n) is 6.44. The molecule has 0 spiro atoms. The molecule has 0 amide bonds. The summed E-state index contributed by atoms with van der Waals surface area (Å²) in [6.07, 6.45) is 1.44. The molecular formula is C6H12N4O. The van der Waals surface area contributed by atoms with Crippen LogP contribution in [-0.2, 0) is 6.54 Å². The van der Waals surface area contributed by atoms with Gasteiger partial charge in [-0.2, -0.15) is 5.10 Å². The maximum Gasteiger partial charge on any atom is 0.146 e. The summed E-state index contributed by atoms with van der Waals surface area (Å²) in [6.45, 7) is 2.57. The average molecular weight is 156 g/mol. The zero-order valence-corrected chi connectivity index (χ0v) is 6.44. The van der Waals surface area contributed by atoms with Crippen molar-refractivity contribution in [3.63, 3.8) is 0 Å². The third-order valence-electron chi connectivity index (χ3n) is 1.47. The lowest BCUT2D eigenvalue weighted by molar-refractivity contribution is 0.259. The van der Waals surface area contributed by atoms with Crippen LogP contribution >= 0.6 is 0 Å². The van der Waals surface area contributed by atoms with Crippen LogP contribution < -0.4 is 5.73 Å². The quantitative estimate of drug-likeness (QED) is 0.606. The molecule has 0 bridgehead atoms. The molecule has 5 nitrogen and oxygen atoms in total. The van der Waals surface area contributed by atoms with Gasteiger partial charge in [0.25, 0.3) is 0 Å². The van der Waals surface area contributed by atoms with E-state index in [9.17, 15) is 0 Å². The summed E-state index contributed by atoms with van der Waals surface area (Å²) in [5.74, 6) is 0.634. The SMILES string of the molecule is CCn1ncnc1[C@H](N)CO. The molecule has 11 heavy (non-hydrogen) atoms. The molecule has 0 radical (unpaired) electrons. The number of aromatic nitrogens is 3. The van der Waals surface area contributed by atoms with Crippen LogP contribution in [0, 0.1) is 0 Å². The van der Waals surface area contributed by atoms with Gasteiger partial charge in [-0.05, 0) is 6.92 Å². The first-order valence-electron chi connectivity index (χ1n) is 3.53. The van der Waals surface area contributed by atoms with E-state index < -0.39 is 6.04 Å². The maximum atomic E-state index is 8.72. The van der Waals surface area contributed by atoms with Crippen molar-refractivity contribution >= 4 is 0 Å². The van der Waals surface area contributed by atoms with Crippen molar-refractivity contribution in [2.75, 3.05) is 6.61 Å². The van der Waals surface area contributed by atoms with Gasteiger partial charge in [-0.25, -0.2) is 9.67 Å². The fraction of sp³-hybridized carbons (Fsp3) is 0.667. The van der Waals surface area contributed by atoms with Crippen LogP contribution in [0.3, 0.4) is 0 Å². The molecule has 1 heterocycles. The first-order chi connectivity index (χ1) is 5.29. The van der Waals surface area contributed by atoms with Crippen LogP contribution in [0.15, 0.2) is 6.33 Å². The van der Waals surface area contributed by atoms with Gasteiger partial charge in [0.05, 0.1) is 12.6 Å². The molecule has 0 unspecified atom stereocenters. The Labute approximate surface area is 64.9 Å². The van der Waals surface area contributed by atoms with Gasteiger partial charge in [0, 0.05) is 6.54 Å². The number of aliphatic hydroxyl groups is 1. The van der Waals surface area contributed by atoms with Crippen LogP contribution in [0.5, 0.6) is 0 Å². The molecule has 5 heteroatoms. The van der Waals surface area contributed by atoms with Crippen LogP contribution in [0.1, 0.15) is 18.8 Å². The highest BCUT2D eigenvalue weighted by molar-refractivity contribution is 4.92. The number of hydrogen-bond acceptors (Lipinski definition) is 4. The first kappa shape index (κ1) is 8.16. The summed E-state index contributed by atoms with van der Waals surface area (Å²) < 4.78 is 1.67. The van der Waals surface area contributed by atoms with Gasteiger partial charge in [-0.1, -0.05) is 0 Å². The number of aryl methyl sites for hydroxylation is 1. The molecule has 0 saturated heterocycles. The smallest absolute Gasteiger partial charge is 0.146 e. The second-order valence-corrected chi connectivity index (χ2v) is 2.22. The fourth-order valence-electron chi connectivity index (χ4n) is 0.886. The van der Waals surface area contributed by atoms with Gasteiger partial charge in [0.1, 0.15) is 12.2 Å². The predicted molar refractivity (Wildman–Crippen MR) is 39.7 cm³/mol. The van der Waals surface area contributed by atoms with E-state index in [1.807, 2.05) is 6.92 Å².